The summed E-state index contributed by atoms with van der Waals surface area (Å²) in [6.07, 6.45) is 16.8. The Labute approximate surface area is 190 Å². The summed E-state index contributed by atoms with van der Waals surface area (Å²) in [7, 11) is 0. The van der Waals surface area contributed by atoms with Gasteiger partial charge >= 0.3 is 17.1 Å². The number of hydrogen-bond donors (Lipinski definition) is 2. The van der Waals surface area contributed by atoms with E-state index in [1.807, 2.05) is 51.4 Å². The van der Waals surface area contributed by atoms with Crippen LogP contribution in [0.15, 0.2) is 48.5 Å². The molecule has 4 rings (SSSR count). The summed E-state index contributed by atoms with van der Waals surface area (Å²) < 4.78 is 0. The third kappa shape index (κ3) is 4.45. The number of aromatic hydroxyl groups is 2. The fourth-order valence-electron chi connectivity index (χ4n) is 4.06. The number of phenolic OH excluding ortho intramolecular Hbond substituents is 2. The van der Waals surface area contributed by atoms with Crippen LogP contribution in [0.25, 0.3) is 0 Å². The van der Waals surface area contributed by atoms with Gasteiger partial charge in [0.25, 0.3) is 0 Å². The van der Waals surface area contributed by atoms with Crippen LogP contribution < -0.4 is 0 Å². The minimum absolute atomic E-state index is 0. The Hall–Kier alpha value is -1.77. The second-order valence-corrected chi connectivity index (χ2v) is 7.23. The molecule has 10 radical (unpaired) electrons. The van der Waals surface area contributed by atoms with Gasteiger partial charge in [0.2, 0.25) is 0 Å². The Morgan fingerprint density at radius 3 is 1.60 bits per heavy atom. The van der Waals surface area contributed by atoms with Gasteiger partial charge in [-0.2, -0.15) is 0 Å². The molecule has 0 bridgehead atoms. The number of rotatable bonds is 7. The molecule has 150 valence electrons. The molecule has 30 heavy (non-hydrogen) atoms. The van der Waals surface area contributed by atoms with Crippen LogP contribution in [0.2, 0.25) is 0 Å². The van der Waals surface area contributed by atoms with Crippen molar-refractivity contribution in [3.8, 4) is 11.5 Å². The van der Waals surface area contributed by atoms with Gasteiger partial charge in [0.15, 0.2) is 0 Å². The topological polar surface area (TPSA) is 57.5 Å². The van der Waals surface area contributed by atoms with Crippen molar-refractivity contribution in [1.82, 2.24) is 0 Å². The van der Waals surface area contributed by atoms with E-state index in [0.717, 1.165) is 23.0 Å². The Morgan fingerprint density at radius 2 is 1.13 bits per heavy atom. The molecule has 2 aliphatic carbocycles. The molecule has 3 nitrogen and oxygen atoms in total. The first kappa shape index (κ1) is 22.9. The molecule has 0 aromatic heterocycles. The molecular weight excluding hydrogens is 416 g/mol. The fourth-order valence-corrected chi connectivity index (χ4v) is 4.06. The maximum atomic E-state index is 13.9. The molecule has 0 amide bonds. The monoisotopic (exact) mass is 438 g/mol. The van der Waals surface area contributed by atoms with Crippen molar-refractivity contribution in [1.29, 1.82) is 0 Å². The first-order valence-corrected chi connectivity index (χ1v) is 9.66. The molecule has 4 heteroatoms. The SMILES string of the molecule is O=C(CC[C]1[CH][CH][CH][CH]1)C([C]1[CH][CH][CH][CH]1)(c1ccc(O)cc1)c1ccc(O)cc1.[Fe+2]. The van der Waals surface area contributed by atoms with Crippen molar-refractivity contribution in [2.75, 3.05) is 0 Å². The molecule has 2 aromatic rings. The molecule has 0 atom stereocenters. The van der Waals surface area contributed by atoms with E-state index in [1.165, 1.54) is 0 Å². The molecule has 2 aromatic carbocycles. The maximum Gasteiger partial charge on any atom is 2.00 e. The number of hydrogen-bond acceptors (Lipinski definition) is 3. The molecule has 0 aliphatic heterocycles. The molecule has 2 N–H and O–H groups in total. The van der Waals surface area contributed by atoms with E-state index in [9.17, 15) is 15.0 Å². The van der Waals surface area contributed by atoms with Crippen molar-refractivity contribution in [3.05, 3.63) is 123 Å². The Balaban J connectivity index is 0.00000256. The van der Waals surface area contributed by atoms with E-state index in [-0.39, 0.29) is 34.4 Å². The van der Waals surface area contributed by atoms with Crippen LogP contribution in [0.1, 0.15) is 24.0 Å². The molecule has 2 aliphatic rings. The van der Waals surface area contributed by atoms with Gasteiger partial charge in [-0.05, 0) is 99.1 Å². The first-order chi connectivity index (χ1) is 14.1. The Morgan fingerprint density at radius 1 is 0.700 bits per heavy atom. The van der Waals surface area contributed by atoms with Gasteiger partial charge in [0.1, 0.15) is 17.3 Å². The Bertz CT molecular complexity index is 771. The van der Waals surface area contributed by atoms with Crippen LogP contribution >= 0.6 is 0 Å². The smallest absolute Gasteiger partial charge is 0.508 e. The Kier molecular flexibility index (Phi) is 7.65. The average Bonchev–Trinajstić information content (AvgIpc) is 3.44. The van der Waals surface area contributed by atoms with Crippen LogP contribution in [-0.2, 0) is 27.3 Å². The predicted molar refractivity (Wildman–Crippen MR) is 112 cm³/mol. The van der Waals surface area contributed by atoms with Crippen molar-refractivity contribution in [2.45, 2.75) is 18.3 Å². The van der Waals surface area contributed by atoms with Gasteiger partial charge in [-0.3, -0.25) is 4.79 Å². The van der Waals surface area contributed by atoms with Crippen LogP contribution in [0.5, 0.6) is 11.5 Å². The summed E-state index contributed by atoms with van der Waals surface area (Å²) in [6.45, 7) is 0. The largest absolute Gasteiger partial charge is 2.00 e. The zero-order valence-corrected chi connectivity index (χ0v) is 17.4. The molecule has 0 saturated heterocycles. The van der Waals surface area contributed by atoms with Crippen LogP contribution in [-0.4, -0.2) is 16.0 Å². The number of carbonyl (C=O) groups is 1. The van der Waals surface area contributed by atoms with Crippen LogP contribution in [0, 0.1) is 63.2 Å². The van der Waals surface area contributed by atoms with Crippen LogP contribution in [0.4, 0.5) is 0 Å². The maximum absolute atomic E-state index is 13.9. The second kappa shape index (κ2) is 10.0. The van der Waals surface area contributed by atoms with Crippen molar-refractivity contribution >= 4 is 5.78 Å². The van der Waals surface area contributed by atoms with E-state index in [4.69, 9.17) is 0 Å². The zero-order valence-electron chi connectivity index (χ0n) is 16.3. The van der Waals surface area contributed by atoms with Gasteiger partial charge in [-0.25, -0.2) is 0 Å². The van der Waals surface area contributed by atoms with Gasteiger partial charge in [0.05, 0.1) is 5.41 Å². The first-order valence-electron chi connectivity index (χ1n) is 9.66. The quantitative estimate of drug-likeness (QED) is 0.625. The summed E-state index contributed by atoms with van der Waals surface area (Å²) in [5.74, 6) is 2.38. The summed E-state index contributed by atoms with van der Waals surface area (Å²) in [6, 6.07) is 13.6. The molecule has 0 unspecified atom stereocenters. The second-order valence-electron chi connectivity index (χ2n) is 7.23. The minimum atomic E-state index is -1.02. The number of carbonyl (C=O) groups excluding carboxylic acids is 1. The van der Waals surface area contributed by atoms with Crippen LogP contribution in [0.3, 0.4) is 0 Å². The number of Topliss-reactive ketones (excluding diaryl/α,β-unsaturated/α-hetero) is 1. The molecule has 0 spiro atoms. The third-order valence-electron chi connectivity index (χ3n) is 5.49. The van der Waals surface area contributed by atoms with Gasteiger partial charge in [0, 0.05) is 12.3 Å². The summed E-state index contributed by atoms with van der Waals surface area (Å²) >= 11 is 0. The number of phenols is 2. The van der Waals surface area contributed by atoms with E-state index in [0.29, 0.717) is 12.8 Å². The third-order valence-corrected chi connectivity index (χ3v) is 5.49. The molecule has 2 fully saturated rings. The van der Waals surface area contributed by atoms with E-state index < -0.39 is 5.41 Å². The van der Waals surface area contributed by atoms with E-state index in [2.05, 4.69) is 0 Å². The number of benzene rings is 2. The summed E-state index contributed by atoms with van der Waals surface area (Å²) in [5, 5.41) is 19.6. The zero-order chi connectivity index (χ0) is 20.3. The fraction of sp³-hybridized carbons (Fsp3) is 0.115. The van der Waals surface area contributed by atoms with E-state index >= 15 is 0 Å². The molecule has 0 heterocycles. The van der Waals surface area contributed by atoms with Crippen molar-refractivity contribution < 1.29 is 32.1 Å². The predicted octanol–water partition coefficient (Wildman–Crippen LogP) is 4.54. The van der Waals surface area contributed by atoms with Gasteiger partial charge in [-0.1, -0.05) is 24.3 Å². The van der Waals surface area contributed by atoms with E-state index in [1.54, 1.807) is 48.5 Å². The summed E-state index contributed by atoms with van der Waals surface area (Å²) in [4.78, 5) is 13.9. The normalized spacial score (nSPS) is 17.7. The number of ketones is 1. The molecular formula is C26H22FeO3+2. The van der Waals surface area contributed by atoms with Crippen molar-refractivity contribution in [3.63, 3.8) is 0 Å². The minimum Gasteiger partial charge on any atom is -0.508 e. The van der Waals surface area contributed by atoms with Gasteiger partial charge in [-0.15, -0.1) is 0 Å². The standard InChI is InChI=1S/C26H22O3.Fe/c27-23-14-10-21(11-15-23)26(20-7-3-4-8-20,22-12-16-24(28)17-13-22)25(29)18-9-19-5-1-2-6-19;/h1-8,10-17,27-28H,9,18H2;/q;+2. The van der Waals surface area contributed by atoms with Crippen molar-refractivity contribution in [2.24, 2.45) is 0 Å². The average molecular weight is 438 g/mol. The van der Waals surface area contributed by atoms with Gasteiger partial charge < -0.3 is 10.2 Å². The molecule has 2 saturated carbocycles. The summed E-state index contributed by atoms with van der Waals surface area (Å²) in [5.41, 5.74) is 0.566.